The molecule has 0 radical (unpaired) electrons. The van der Waals surface area contributed by atoms with Gasteiger partial charge in [-0.3, -0.25) is 9.88 Å². The van der Waals surface area contributed by atoms with Crippen molar-refractivity contribution < 1.29 is 0 Å². The van der Waals surface area contributed by atoms with Crippen LogP contribution in [0.3, 0.4) is 0 Å². The summed E-state index contributed by atoms with van der Waals surface area (Å²) >= 11 is 3.54. The quantitative estimate of drug-likeness (QED) is 0.809. The van der Waals surface area contributed by atoms with Crippen LogP contribution >= 0.6 is 15.9 Å². The maximum absolute atomic E-state index is 4.33. The number of rotatable bonds is 3. The number of halogens is 1. The van der Waals surface area contributed by atoms with Crippen molar-refractivity contribution in [3.63, 3.8) is 0 Å². The number of hydrogen-bond acceptors (Lipinski definition) is 3. The van der Waals surface area contributed by atoms with Crippen molar-refractivity contribution in [3.05, 3.63) is 58.8 Å². The second-order valence-corrected chi connectivity index (χ2v) is 7.68. The first-order valence-corrected chi connectivity index (χ1v) is 9.19. The molecule has 0 amide bonds. The molecular formula is C19H22BrN3. The minimum atomic E-state index is 0.345. The van der Waals surface area contributed by atoms with Crippen molar-refractivity contribution in [3.8, 4) is 0 Å². The van der Waals surface area contributed by atoms with Gasteiger partial charge in [-0.25, -0.2) is 0 Å². The van der Waals surface area contributed by atoms with Crippen LogP contribution < -0.4 is 4.90 Å². The number of nitrogens with zero attached hydrogens (tertiary/aromatic N) is 3. The summed E-state index contributed by atoms with van der Waals surface area (Å²) in [5.74, 6) is 0. The highest BCUT2D eigenvalue weighted by molar-refractivity contribution is 9.10. The van der Waals surface area contributed by atoms with Crippen molar-refractivity contribution in [1.82, 2.24) is 9.88 Å². The standard InChI is InChI=1S/C19H22BrN3/c20-17-11-18(13-21-12-17)22-10-8-19(15-22)7-4-9-23(19)14-16-5-2-1-3-6-16/h1-3,5-6,11-13H,4,7-10,14-15H2. The van der Waals surface area contributed by atoms with Crippen LogP contribution in [-0.2, 0) is 6.54 Å². The Bertz CT molecular complexity index is 675. The summed E-state index contributed by atoms with van der Waals surface area (Å²) in [5.41, 5.74) is 3.01. The van der Waals surface area contributed by atoms with Gasteiger partial charge in [0.2, 0.25) is 0 Å². The first-order valence-electron chi connectivity index (χ1n) is 8.40. The Morgan fingerprint density at radius 1 is 1.09 bits per heavy atom. The van der Waals surface area contributed by atoms with Gasteiger partial charge in [0, 0.05) is 35.8 Å². The molecule has 2 fully saturated rings. The van der Waals surface area contributed by atoms with Crippen molar-refractivity contribution in [2.75, 3.05) is 24.5 Å². The largest absolute Gasteiger partial charge is 0.368 e. The van der Waals surface area contributed by atoms with Crippen LogP contribution in [0.15, 0.2) is 53.3 Å². The van der Waals surface area contributed by atoms with E-state index in [0.29, 0.717) is 5.54 Å². The van der Waals surface area contributed by atoms with Gasteiger partial charge in [0.1, 0.15) is 0 Å². The monoisotopic (exact) mass is 371 g/mol. The number of hydrogen-bond donors (Lipinski definition) is 0. The summed E-state index contributed by atoms with van der Waals surface area (Å²) in [6.07, 6.45) is 7.73. The van der Waals surface area contributed by atoms with Gasteiger partial charge < -0.3 is 4.90 Å². The van der Waals surface area contributed by atoms with Crippen LogP contribution in [0.4, 0.5) is 5.69 Å². The normalized spacial score (nSPS) is 24.7. The molecule has 0 aliphatic carbocycles. The Balaban J connectivity index is 1.52. The lowest BCUT2D eigenvalue weighted by Gasteiger charge is -2.35. The van der Waals surface area contributed by atoms with Crippen LogP contribution in [-0.4, -0.2) is 35.1 Å². The third-order valence-corrected chi connectivity index (χ3v) is 5.78. The Hall–Kier alpha value is -1.39. The fourth-order valence-electron chi connectivity index (χ4n) is 4.16. The summed E-state index contributed by atoms with van der Waals surface area (Å²) in [6.45, 7) is 4.55. The van der Waals surface area contributed by atoms with Gasteiger partial charge in [0.05, 0.1) is 11.9 Å². The van der Waals surface area contributed by atoms with E-state index in [4.69, 9.17) is 0 Å². The van der Waals surface area contributed by atoms with Crippen LogP contribution in [0.2, 0.25) is 0 Å². The molecule has 0 bridgehead atoms. The Morgan fingerprint density at radius 3 is 2.78 bits per heavy atom. The van der Waals surface area contributed by atoms with E-state index in [1.807, 2.05) is 12.4 Å². The molecule has 1 unspecified atom stereocenters. The van der Waals surface area contributed by atoms with Gasteiger partial charge in [0.25, 0.3) is 0 Å². The summed E-state index contributed by atoms with van der Waals surface area (Å²) in [4.78, 5) is 9.55. The summed E-state index contributed by atoms with van der Waals surface area (Å²) in [6, 6.07) is 13.1. The molecule has 0 saturated carbocycles. The highest BCUT2D eigenvalue weighted by atomic mass is 79.9. The van der Waals surface area contributed by atoms with Crippen molar-refractivity contribution in [2.24, 2.45) is 0 Å². The van der Waals surface area contributed by atoms with E-state index >= 15 is 0 Å². The molecule has 1 spiro atoms. The number of benzene rings is 1. The second-order valence-electron chi connectivity index (χ2n) is 6.77. The Labute approximate surface area is 146 Å². The van der Waals surface area contributed by atoms with Crippen molar-refractivity contribution in [2.45, 2.75) is 31.3 Å². The molecule has 3 nitrogen and oxygen atoms in total. The van der Waals surface area contributed by atoms with Crippen molar-refractivity contribution >= 4 is 21.6 Å². The molecule has 2 saturated heterocycles. The van der Waals surface area contributed by atoms with Crippen LogP contribution in [0.25, 0.3) is 0 Å². The Morgan fingerprint density at radius 2 is 1.96 bits per heavy atom. The molecule has 2 aliphatic rings. The fourth-order valence-corrected chi connectivity index (χ4v) is 4.51. The topological polar surface area (TPSA) is 19.4 Å². The molecule has 0 N–H and O–H groups in total. The highest BCUT2D eigenvalue weighted by Gasteiger charge is 2.45. The lowest BCUT2D eigenvalue weighted by atomic mass is 9.94. The average Bonchev–Trinajstić information content (AvgIpc) is 3.17. The number of pyridine rings is 1. The third kappa shape index (κ3) is 3.02. The predicted molar refractivity (Wildman–Crippen MR) is 97.6 cm³/mol. The van der Waals surface area contributed by atoms with E-state index in [1.54, 1.807) is 0 Å². The number of anilines is 1. The maximum atomic E-state index is 4.33. The number of aromatic nitrogens is 1. The van der Waals surface area contributed by atoms with Gasteiger partial charge in [-0.05, 0) is 53.4 Å². The molecule has 23 heavy (non-hydrogen) atoms. The smallest absolute Gasteiger partial charge is 0.0564 e. The van der Waals surface area contributed by atoms with E-state index < -0.39 is 0 Å². The van der Waals surface area contributed by atoms with Crippen LogP contribution in [0.5, 0.6) is 0 Å². The van der Waals surface area contributed by atoms with Gasteiger partial charge in [-0.2, -0.15) is 0 Å². The van der Waals surface area contributed by atoms with E-state index in [9.17, 15) is 0 Å². The minimum Gasteiger partial charge on any atom is -0.368 e. The molecule has 1 aromatic carbocycles. The lowest BCUT2D eigenvalue weighted by Crippen LogP contribution is -2.45. The zero-order chi connectivity index (χ0) is 15.7. The maximum Gasteiger partial charge on any atom is 0.0564 e. The van der Waals surface area contributed by atoms with E-state index in [-0.39, 0.29) is 0 Å². The van der Waals surface area contributed by atoms with Gasteiger partial charge in [-0.15, -0.1) is 0 Å². The molecule has 120 valence electrons. The van der Waals surface area contributed by atoms with Crippen LogP contribution in [0, 0.1) is 0 Å². The molecular weight excluding hydrogens is 350 g/mol. The molecule has 4 rings (SSSR count). The van der Waals surface area contributed by atoms with Gasteiger partial charge in [-0.1, -0.05) is 30.3 Å². The lowest BCUT2D eigenvalue weighted by molar-refractivity contribution is 0.150. The third-order valence-electron chi connectivity index (χ3n) is 5.35. The SMILES string of the molecule is Brc1cncc(N2CCC3(CCCN3Cc3ccccc3)C2)c1. The summed E-state index contributed by atoms with van der Waals surface area (Å²) in [5, 5.41) is 0. The molecule has 4 heteroatoms. The van der Waals surface area contributed by atoms with E-state index in [0.717, 1.165) is 24.1 Å². The van der Waals surface area contributed by atoms with E-state index in [2.05, 4.69) is 67.1 Å². The zero-order valence-corrected chi connectivity index (χ0v) is 14.9. The fraction of sp³-hybridized carbons (Fsp3) is 0.421. The molecule has 2 aliphatic heterocycles. The first kappa shape index (κ1) is 15.2. The molecule has 2 aromatic rings. The predicted octanol–water partition coefficient (Wildman–Crippen LogP) is 4.09. The second kappa shape index (κ2) is 6.25. The molecule has 3 heterocycles. The van der Waals surface area contributed by atoms with Crippen molar-refractivity contribution in [1.29, 1.82) is 0 Å². The Kier molecular flexibility index (Phi) is 4.12. The first-order chi connectivity index (χ1) is 11.3. The van der Waals surface area contributed by atoms with Crippen LogP contribution in [0.1, 0.15) is 24.8 Å². The van der Waals surface area contributed by atoms with Gasteiger partial charge >= 0.3 is 0 Å². The highest BCUT2D eigenvalue weighted by Crippen LogP contribution is 2.40. The molecule has 1 atom stereocenters. The van der Waals surface area contributed by atoms with Gasteiger partial charge in [0.15, 0.2) is 0 Å². The van der Waals surface area contributed by atoms with E-state index in [1.165, 1.54) is 37.1 Å². The zero-order valence-electron chi connectivity index (χ0n) is 13.3. The summed E-state index contributed by atoms with van der Waals surface area (Å²) < 4.78 is 1.06. The molecule has 1 aromatic heterocycles. The summed E-state index contributed by atoms with van der Waals surface area (Å²) in [7, 11) is 0. The number of likely N-dealkylation sites (tertiary alicyclic amines) is 1. The average molecular weight is 372 g/mol. The minimum absolute atomic E-state index is 0.345.